The first-order valence-electron chi connectivity index (χ1n) is 8.24. The van der Waals surface area contributed by atoms with Crippen LogP contribution in [0.5, 0.6) is 11.5 Å². The molecule has 2 aliphatic carbocycles. The zero-order valence-corrected chi connectivity index (χ0v) is 16.5. The van der Waals surface area contributed by atoms with Gasteiger partial charge in [-0.25, -0.2) is 0 Å². The Hall–Kier alpha value is -0.450. The van der Waals surface area contributed by atoms with E-state index in [9.17, 15) is 0 Å². The van der Waals surface area contributed by atoms with Crippen molar-refractivity contribution in [3.05, 3.63) is 23.3 Å². The third-order valence-electron chi connectivity index (χ3n) is 6.32. The van der Waals surface area contributed by atoms with Crippen molar-refractivity contribution in [3.63, 3.8) is 0 Å². The third-order valence-corrected chi connectivity index (χ3v) is 8.55. The van der Waals surface area contributed by atoms with E-state index in [0.717, 1.165) is 27.8 Å². The number of hydrogen-bond acceptors (Lipinski definition) is 2. The molecule has 122 valence electrons. The highest BCUT2D eigenvalue weighted by Gasteiger charge is 2.53. The highest BCUT2D eigenvalue weighted by molar-refractivity contribution is 14.1. The summed E-state index contributed by atoms with van der Waals surface area (Å²) in [6, 6.07) is 4.46. The molecule has 3 atom stereocenters. The van der Waals surface area contributed by atoms with Crippen LogP contribution in [0.3, 0.4) is 0 Å². The van der Waals surface area contributed by atoms with Crippen molar-refractivity contribution in [1.82, 2.24) is 0 Å². The molecule has 0 amide bonds. The number of methoxy groups -OCH3 is 2. The highest BCUT2D eigenvalue weighted by Crippen LogP contribution is 2.59. The van der Waals surface area contributed by atoms with Crippen molar-refractivity contribution in [2.45, 2.75) is 55.8 Å². The van der Waals surface area contributed by atoms with Gasteiger partial charge in [-0.3, -0.25) is 0 Å². The average molecular weight is 414 g/mol. The molecule has 3 rings (SSSR count). The maximum absolute atomic E-state index is 5.57. The molecular formula is C19H27IO2. The number of rotatable bonds is 2. The lowest BCUT2D eigenvalue weighted by Gasteiger charge is -2.56. The summed E-state index contributed by atoms with van der Waals surface area (Å²) >= 11 is 2.68. The van der Waals surface area contributed by atoms with E-state index in [4.69, 9.17) is 9.47 Å². The summed E-state index contributed by atoms with van der Waals surface area (Å²) in [6.45, 7) is 7.42. The molecule has 2 nitrogen and oxygen atoms in total. The number of alkyl halides is 1. The maximum Gasteiger partial charge on any atom is 0.161 e. The molecule has 2 aliphatic rings. The second-order valence-corrected chi connectivity index (χ2v) is 9.20. The van der Waals surface area contributed by atoms with Gasteiger partial charge in [-0.2, -0.15) is 0 Å². The first-order chi connectivity index (χ1) is 10.3. The van der Waals surface area contributed by atoms with E-state index in [1.807, 2.05) is 0 Å². The Morgan fingerprint density at radius 3 is 2.32 bits per heavy atom. The summed E-state index contributed by atoms with van der Waals surface area (Å²) in [6.07, 6.45) is 5.01. The smallest absolute Gasteiger partial charge is 0.161 e. The summed E-state index contributed by atoms with van der Waals surface area (Å²) in [5.41, 5.74) is 3.60. The summed E-state index contributed by atoms with van der Waals surface area (Å²) in [4.78, 5) is 0. The number of ether oxygens (including phenoxy) is 2. The SMILES string of the molecule is COc1cc2c(cc1OC)[C@@]1(C)CC[C@H](I)C(C)(C)[C@@H]1CC2. The minimum atomic E-state index is 0.262. The summed E-state index contributed by atoms with van der Waals surface area (Å²) < 4.78 is 11.8. The molecule has 0 spiro atoms. The molecule has 1 aromatic carbocycles. The van der Waals surface area contributed by atoms with Gasteiger partial charge in [0, 0.05) is 3.92 Å². The van der Waals surface area contributed by atoms with Crippen molar-refractivity contribution in [2.24, 2.45) is 11.3 Å². The van der Waals surface area contributed by atoms with Crippen molar-refractivity contribution in [3.8, 4) is 11.5 Å². The van der Waals surface area contributed by atoms with Crippen molar-refractivity contribution in [2.75, 3.05) is 14.2 Å². The van der Waals surface area contributed by atoms with Crippen LogP contribution in [-0.4, -0.2) is 18.1 Å². The highest BCUT2D eigenvalue weighted by atomic mass is 127. The molecule has 0 heterocycles. The summed E-state index contributed by atoms with van der Waals surface area (Å²) in [7, 11) is 3.46. The van der Waals surface area contributed by atoms with Gasteiger partial charge in [-0.05, 0) is 65.7 Å². The molecule has 0 aliphatic heterocycles. The second-order valence-electron chi connectivity index (χ2n) is 7.70. The number of benzene rings is 1. The fourth-order valence-corrected chi connectivity index (χ4v) is 5.73. The van der Waals surface area contributed by atoms with Crippen LogP contribution >= 0.6 is 22.6 Å². The van der Waals surface area contributed by atoms with Gasteiger partial charge in [0.2, 0.25) is 0 Å². The first-order valence-corrected chi connectivity index (χ1v) is 9.48. The fourth-order valence-electron chi connectivity index (χ4n) is 4.98. The van der Waals surface area contributed by atoms with Gasteiger partial charge in [-0.15, -0.1) is 0 Å². The minimum Gasteiger partial charge on any atom is -0.493 e. The molecule has 0 unspecified atom stereocenters. The lowest BCUT2D eigenvalue weighted by molar-refractivity contribution is 0.0518. The minimum absolute atomic E-state index is 0.262. The zero-order valence-electron chi connectivity index (χ0n) is 14.3. The molecule has 0 saturated heterocycles. The molecule has 3 heteroatoms. The number of hydrogen-bond donors (Lipinski definition) is 0. The van der Waals surface area contributed by atoms with Gasteiger partial charge in [0.1, 0.15) is 0 Å². The van der Waals surface area contributed by atoms with Crippen LogP contribution in [0.25, 0.3) is 0 Å². The van der Waals surface area contributed by atoms with Gasteiger partial charge < -0.3 is 9.47 Å². The Morgan fingerprint density at radius 2 is 1.68 bits per heavy atom. The Balaban J connectivity index is 2.12. The lowest BCUT2D eigenvalue weighted by atomic mass is 9.50. The zero-order chi connectivity index (χ0) is 16.1. The predicted octanol–water partition coefficient (Wildman–Crippen LogP) is 5.15. The Kier molecular flexibility index (Phi) is 4.15. The molecule has 0 aromatic heterocycles. The van der Waals surface area contributed by atoms with Gasteiger partial charge in [-0.1, -0.05) is 43.4 Å². The van der Waals surface area contributed by atoms with E-state index in [1.54, 1.807) is 14.2 Å². The molecule has 0 bridgehead atoms. The Labute approximate surface area is 148 Å². The number of halogens is 1. The topological polar surface area (TPSA) is 18.5 Å². The van der Waals surface area contributed by atoms with E-state index in [1.165, 1.54) is 30.4 Å². The van der Waals surface area contributed by atoms with Crippen LogP contribution in [0.4, 0.5) is 0 Å². The molecule has 0 radical (unpaired) electrons. The number of aryl methyl sites for hydroxylation is 1. The van der Waals surface area contributed by atoms with Crippen LogP contribution in [0.1, 0.15) is 51.2 Å². The predicted molar refractivity (Wildman–Crippen MR) is 99.5 cm³/mol. The van der Waals surface area contributed by atoms with Crippen LogP contribution in [0.2, 0.25) is 0 Å². The average Bonchev–Trinajstić information content (AvgIpc) is 2.50. The molecular weight excluding hydrogens is 387 g/mol. The molecule has 0 N–H and O–H groups in total. The van der Waals surface area contributed by atoms with Crippen LogP contribution in [-0.2, 0) is 11.8 Å². The molecule has 1 saturated carbocycles. The van der Waals surface area contributed by atoms with Crippen molar-refractivity contribution in [1.29, 1.82) is 0 Å². The Bertz CT molecular complexity index is 581. The van der Waals surface area contributed by atoms with E-state index >= 15 is 0 Å². The van der Waals surface area contributed by atoms with E-state index < -0.39 is 0 Å². The Morgan fingerprint density at radius 1 is 1.05 bits per heavy atom. The largest absolute Gasteiger partial charge is 0.493 e. The standard InChI is InChI=1S/C19H27IO2/c1-18(2)16-7-6-12-10-14(21-4)15(22-5)11-13(12)19(16,3)9-8-17(18)20/h10-11,16-17H,6-9H2,1-5H3/t16-,17-,19+/m0/s1. The summed E-state index contributed by atoms with van der Waals surface area (Å²) in [5, 5.41) is 0. The van der Waals surface area contributed by atoms with Gasteiger partial charge in [0.05, 0.1) is 14.2 Å². The molecule has 22 heavy (non-hydrogen) atoms. The van der Waals surface area contributed by atoms with E-state index in [-0.39, 0.29) is 5.41 Å². The first kappa shape index (κ1) is 16.4. The second kappa shape index (κ2) is 5.57. The number of fused-ring (bicyclic) bond motifs is 3. The van der Waals surface area contributed by atoms with Crippen LogP contribution in [0.15, 0.2) is 12.1 Å². The normalized spacial score (nSPS) is 32.8. The van der Waals surface area contributed by atoms with Crippen molar-refractivity contribution >= 4 is 22.6 Å². The summed E-state index contributed by atoms with van der Waals surface area (Å²) in [5.74, 6) is 2.48. The molecule has 1 aromatic rings. The van der Waals surface area contributed by atoms with Gasteiger partial charge in [0.15, 0.2) is 11.5 Å². The fraction of sp³-hybridized carbons (Fsp3) is 0.684. The van der Waals surface area contributed by atoms with Gasteiger partial charge >= 0.3 is 0 Å². The molecule has 1 fully saturated rings. The monoisotopic (exact) mass is 414 g/mol. The van der Waals surface area contributed by atoms with E-state index in [2.05, 4.69) is 55.5 Å². The maximum atomic E-state index is 5.57. The van der Waals surface area contributed by atoms with Gasteiger partial charge in [0.25, 0.3) is 0 Å². The quantitative estimate of drug-likeness (QED) is 0.493. The third kappa shape index (κ3) is 2.26. The van der Waals surface area contributed by atoms with Crippen molar-refractivity contribution < 1.29 is 9.47 Å². The van der Waals surface area contributed by atoms with E-state index in [0.29, 0.717) is 5.41 Å². The lowest BCUT2D eigenvalue weighted by Crippen LogP contribution is -2.52. The van der Waals surface area contributed by atoms with Crippen LogP contribution < -0.4 is 9.47 Å². The van der Waals surface area contributed by atoms with Crippen LogP contribution in [0, 0.1) is 11.3 Å².